The first kappa shape index (κ1) is 20.5. The second-order valence-electron chi connectivity index (χ2n) is 2.33. The summed E-state index contributed by atoms with van der Waals surface area (Å²) in [5.41, 5.74) is 0. The van der Waals surface area contributed by atoms with E-state index >= 15 is 0 Å². The van der Waals surface area contributed by atoms with Crippen molar-refractivity contribution in [3.63, 3.8) is 0 Å². The van der Waals surface area contributed by atoms with Crippen molar-refractivity contribution < 1.29 is 39.3 Å². The van der Waals surface area contributed by atoms with Crippen LogP contribution < -0.4 is 10.2 Å². The van der Waals surface area contributed by atoms with Crippen molar-refractivity contribution in [2.45, 2.75) is 25.7 Å². The number of alkyl halides is 2. The van der Waals surface area contributed by atoms with Crippen LogP contribution in [0.5, 0.6) is 0 Å². The molecule has 0 aromatic rings. The van der Waals surface area contributed by atoms with Crippen LogP contribution in [0.1, 0.15) is 25.7 Å². The normalized spacial score (nSPS) is 8.13. The maximum atomic E-state index is 9.59. The first-order valence-corrected chi connectivity index (χ1v) is 5.13. The van der Waals surface area contributed by atoms with Crippen LogP contribution in [0.2, 0.25) is 0 Å². The third-order valence-electron chi connectivity index (χ3n) is 1.03. The van der Waals surface area contributed by atoms with Gasteiger partial charge in [0.05, 0.1) is 0 Å². The minimum Gasteiger partial charge on any atom is -0.550 e. The second-order valence-corrected chi connectivity index (χ2v) is 3.09. The summed E-state index contributed by atoms with van der Waals surface area (Å²) in [6.07, 6.45) is 1.15. The van der Waals surface area contributed by atoms with Gasteiger partial charge in [-0.15, -0.1) is 23.2 Å². The molecular formula is C8H12Cl2O4Zn. The SMILES string of the molecule is O=C([O-])CCCCl.O=C([O-])CCCCl.[Zn+2]. The molecule has 0 aliphatic heterocycles. The first-order valence-electron chi connectivity index (χ1n) is 4.06. The van der Waals surface area contributed by atoms with E-state index in [1.807, 2.05) is 0 Å². The fraction of sp³-hybridized carbons (Fsp3) is 0.750. The Morgan fingerprint density at radius 1 is 0.867 bits per heavy atom. The van der Waals surface area contributed by atoms with E-state index in [9.17, 15) is 19.8 Å². The molecule has 0 spiro atoms. The van der Waals surface area contributed by atoms with Gasteiger partial charge in [-0.2, -0.15) is 0 Å². The molecule has 0 saturated carbocycles. The van der Waals surface area contributed by atoms with Crippen molar-refractivity contribution in [1.29, 1.82) is 0 Å². The van der Waals surface area contributed by atoms with E-state index in [4.69, 9.17) is 23.2 Å². The van der Waals surface area contributed by atoms with Crippen molar-refractivity contribution in [2.75, 3.05) is 11.8 Å². The zero-order valence-corrected chi connectivity index (χ0v) is 12.8. The number of aliphatic carboxylic acids is 2. The van der Waals surface area contributed by atoms with Crippen LogP contribution >= 0.6 is 23.2 Å². The Bertz CT molecular complexity index is 149. The largest absolute Gasteiger partial charge is 2.00 e. The Kier molecular flexibility index (Phi) is 22.7. The van der Waals surface area contributed by atoms with Crippen LogP contribution in [0.25, 0.3) is 0 Å². The number of halogens is 2. The van der Waals surface area contributed by atoms with E-state index in [0.29, 0.717) is 24.6 Å². The zero-order valence-electron chi connectivity index (χ0n) is 8.34. The first-order chi connectivity index (χ1) is 6.54. The van der Waals surface area contributed by atoms with Crippen LogP contribution in [0, 0.1) is 0 Å². The number of carboxylic acids is 2. The molecule has 0 bridgehead atoms. The van der Waals surface area contributed by atoms with Crippen molar-refractivity contribution in [3.8, 4) is 0 Å². The third-order valence-corrected chi connectivity index (χ3v) is 1.56. The summed E-state index contributed by atoms with van der Waals surface area (Å²) in [5, 5.41) is 19.2. The summed E-state index contributed by atoms with van der Waals surface area (Å²) in [4.78, 5) is 19.2. The number of hydrogen-bond acceptors (Lipinski definition) is 4. The minimum absolute atomic E-state index is 0. The predicted molar refractivity (Wildman–Crippen MR) is 49.9 cm³/mol. The van der Waals surface area contributed by atoms with Crippen molar-refractivity contribution >= 4 is 35.1 Å². The predicted octanol–water partition coefficient (Wildman–Crippen LogP) is -0.492. The summed E-state index contributed by atoms with van der Waals surface area (Å²) >= 11 is 10.3. The molecule has 0 rings (SSSR count). The summed E-state index contributed by atoms with van der Waals surface area (Å²) in [6, 6.07) is 0. The molecule has 0 aliphatic carbocycles. The van der Waals surface area contributed by atoms with Gasteiger partial charge in [-0.1, -0.05) is 0 Å². The molecule has 0 N–H and O–H groups in total. The fourth-order valence-corrected chi connectivity index (χ4v) is 0.690. The maximum absolute atomic E-state index is 9.59. The molecule has 0 saturated heterocycles. The molecule has 4 nitrogen and oxygen atoms in total. The van der Waals surface area contributed by atoms with Crippen molar-refractivity contribution in [1.82, 2.24) is 0 Å². The zero-order chi connectivity index (χ0) is 11.4. The molecular weight excluding hydrogens is 296 g/mol. The Morgan fingerprint density at radius 2 is 1.13 bits per heavy atom. The quantitative estimate of drug-likeness (QED) is 0.490. The molecule has 84 valence electrons. The molecule has 0 aromatic carbocycles. The molecule has 7 heteroatoms. The van der Waals surface area contributed by atoms with E-state index in [1.165, 1.54) is 0 Å². The van der Waals surface area contributed by atoms with Crippen LogP contribution in [0.4, 0.5) is 0 Å². The Morgan fingerprint density at radius 3 is 1.20 bits per heavy atom. The summed E-state index contributed by atoms with van der Waals surface area (Å²) in [6.45, 7) is 0. The number of carboxylic acid groups (broad SMARTS) is 2. The Labute approximate surface area is 112 Å². The molecule has 0 unspecified atom stereocenters. The Hall–Kier alpha value is 0.143. The topological polar surface area (TPSA) is 80.3 Å². The Balaban J connectivity index is -0.000000180. The standard InChI is InChI=1S/2C4H7ClO2.Zn/c2*5-3-1-2-4(6)7;/h2*1-3H2,(H,6,7);/q;;+2/p-2. The average Bonchev–Trinajstić information content (AvgIpc) is 2.12. The molecule has 0 fully saturated rings. The smallest absolute Gasteiger partial charge is 0.550 e. The van der Waals surface area contributed by atoms with Crippen LogP contribution in [0.3, 0.4) is 0 Å². The van der Waals surface area contributed by atoms with Gasteiger partial charge in [0.15, 0.2) is 0 Å². The monoisotopic (exact) mass is 306 g/mol. The van der Waals surface area contributed by atoms with Gasteiger partial charge in [-0.25, -0.2) is 0 Å². The molecule has 0 radical (unpaired) electrons. The molecule has 0 aliphatic rings. The van der Waals surface area contributed by atoms with Gasteiger partial charge in [0.2, 0.25) is 0 Å². The van der Waals surface area contributed by atoms with Crippen LogP contribution in [-0.2, 0) is 29.1 Å². The third kappa shape index (κ3) is 31.5. The minimum atomic E-state index is -1.03. The van der Waals surface area contributed by atoms with E-state index in [-0.39, 0.29) is 32.3 Å². The van der Waals surface area contributed by atoms with Crippen LogP contribution in [0.15, 0.2) is 0 Å². The van der Waals surface area contributed by atoms with E-state index in [0.717, 1.165) is 0 Å². The van der Waals surface area contributed by atoms with Gasteiger partial charge in [0.1, 0.15) is 0 Å². The molecule has 0 heterocycles. The maximum Gasteiger partial charge on any atom is 2.00 e. The van der Waals surface area contributed by atoms with Gasteiger partial charge < -0.3 is 19.8 Å². The molecule has 0 aromatic heterocycles. The van der Waals surface area contributed by atoms with Gasteiger partial charge in [0, 0.05) is 23.7 Å². The van der Waals surface area contributed by atoms with Crippen LogP contribution in [-0.4, -0.2) is 23.7 Å². The average molecular weight is 308 g/mol. The number of hydrogen-bond donors (Lipinski definition) is 0. The van der Waals surface area contributed by atoms with E-state index in [1.54, 1.807) is 0 Å². The van der Waals surface area contributed by atoms with Crippen molar-refractivity contribution in [3.05, 3.63) is 0 Å². The summed E-state index contributed by atoms with van der Waals surface area (Å²) in [7, 11) is 0. The number of carbonyl (C=O) groups excluding carboxylic acids is 2. The molecule has 15 heavy (non-hydrogen) atoms. The number of carbonyl (C=O) groups is 2. The van der Waals surface area contributed by atoms with Gasteiger partial charge in [-0.3, -0.25) is 0 Å². The van der Waals surface area contributed by atoms with Gasteiger partial charge in [0.25, 0.3) is 0 Å². The molecule has 0 atom stereocenters. The van der Waals surface area contributed by atoms with Gasteiger partial charge in [-0.05, 0) is 25.7 Å². The summed E-state index contributed by atoms with van der Waals surface area (Å²) < 4.78 is 0. The van der Waals surface area contributed by atoms with Crippen molar-refractivity contribution in [2.24, 2.45) is 0 Å². The number of rotatable bonds is 6. The molecule has 0 amide bonds. The summed E-state index contributed by atoms with van der Waals surface area (Å²) in [5.74, 6) is -1.26. The fourth-order valence-electron chi connectivity index (χ4n) is 0.422. The van der Waals surface area contributed by atoms with Gasteiger partial charge >= 0.3 is 19.5 Å². The van der Waals surface area contributed by atoms with E-state index < -0.39 is 11.9 Å². The van der Waals surface area contributed by atoms with E-state index in [2.05, 4.69) is 0 Å². The second kappa shape index (κ2) is 16.6.